The summed E-state index contributed by atoms with van der Waals surface area (Å²) in [7, 11) is 0. The van der Waals surface area contributed by atoms with E-state index in [1.54, 1.807) is 11.3 Å². The van der Waals surface area contributed by atoms with Gasteiger partial charge in [-0.3, -0.25) is 4.79 Å². The highest BCUT2D eigenvalue weighted by Gasteiger charge is 2.27. The van der Waals surface area contributed by atoms with Crippen LogP contribution in [0.5, 0.6) is 11.5 Å². The highest BCUT2D eigenvalue weighted by atomic mass is 32.1. The summed E-state index contributed by atoms with van der Waals surface area (Å²) in [5.41, 5.74) is 0.983. The highest BCUT2D eigenvalue weighted by molar-refractivity contribution is 7.22. The lowest BCUT2D eigenvalue weighted by atomic mass is 10.2. The van der Waals surface area contributed by atoms with Crippen molar-refractivity contribution in [3.63, 3.8) is 0 Å². The minimum Gasteiger partial charge on any atom is -0.494 e. The first-order valence-corrected chi connectivity index (χ1v) is 10.7. The molecular weight excluding hydrogens is 386 g/mol. The second-order valence-corrected chi connectivity index (χ2v) is 7.95. The predicted octanol–water partition coefficient (Wildman–Crippen LogP) is 3.81. The summed E-state index contributed by atoms with van der Waals surface area (Å²) in [6, 6.07) is 15.5. The smallest absolute Gasteiger partial charge is 0.263 e. The van der Waals surface area contributed by atoms with E-state index in [0.29, 0.717) is 25.4 Å². The summed E-state index contributed by atoms with van der Waals surface area (Å²) in [6.07, 6.45) is -0.497. The molecule has 1 unspecified atom stereocenters. The van der Waals surface area contributed by atoms with E-state index in [1.807, 2.05) is 67.3 Å². The van der Waals surface area contributed by atoms with Gasteiger partial charge in [-0.25, -0.2) is 4.98 Å². The monoisotopic (exact) mass is 411 g/mol. The fourth-order valence-corrected chi connectivity index (χ4v) is 4.46. The lowest BCUT2D eigenvalue weighted by Gasteiger charge is -2.35. The standard InChI is InChI=1S/C22H25N3O3S/c1-3-27-18-9-10-19-20(15-18)29-22(23-19)25-13-11-24(12-14-25)21(26)16(2)28-17-7-5-4-6-8-17/h4-10,15-16H,3,11-14H2,1-2H3. The van der Waals surface area contributed by atoms with E-state index in [0.717, 1.165) is 34.2 Å². The zero-order chi connectivity index (χ0) is 20.2. The number of ether oxygens (including phenoxy) is 2. The van der Waals surface area contributed by atoms with E-state index in [-0.39, 0.29) is 5.91 Å². The van der Waals surface area contributed by atoms with E-state index in [2.05, 4.69) is 4.90 Å². The van der Waals surface area contributed by atoms with Gasteiger partial charge in [0.15, 0.2) is 11.2 Å². The molecule has 3 aromatic rings. The van der Waals surface area contributed by atoms with Crippen LogP contribution in [0.1, 0.15) is 13.8 Å². The molecule has 0 spiro atoms. The van der Waals surface area contributed by atoms with Gasteiger partial charge in [0.25, 0.3) is 5.91 Å². The Bertz CT molecular complexity index is 968. The summed E-state index contributed by atoms with van der Waals surface area (Å²) in [6.45, 7) is 7.31. The number of aromatic nitrogens is 1. The Hall–Kier alpha value is -2.80. The first kappa shape index (κ1) is 19.5. The second kappa shape index (κ2) is 8.69. The van der Waals surface area contributed by atoms with E-state index >= 15 is 0 Å². The maximum Gasteiger partial charge on any atom is 0.263 e. The van der Waals surface area contributed by atoms with Gasteiger partial charge in [0, 0.05) is 26.2 Å². The van der Waals surface area contributed by atoms with Gasteiger partial charge in [-0.15, -0.1) is 0 Å². The average molecular weight is 412 g/mol. The van der Waals surface area contributed by atoms with Crippen LogP contribution in [-0.4, -0.2) is 54.7 Å². The number of nitrogens with zero attached hydrogens (tertiary/aromatic N) is 3. The molecule has 2 aromatic carbocycles. The van der Waals surface area contributed by atoms with E-state index in [1.165, 1.54) is 0 Å². The van der Waals surface area contributed by atoms with Crippen LogP contribution in [-0.2, 0) is 4.79 Å². The minimum atomic E-state index is -0.497. The molecule has 4 rings (SSSR count). The topological polar surface area (TPSA) is 54.9 Å². The first-order chi connectivity index (χ1) is 14.1. The Morgan fingerprint density at radius 2 is 1.86 bits per heavy atom. The van der Waals surface area contributed by atoms with Gasteiger partial charge in [-0.05, 0) is 44.2 Å². The molecule has 0 saturated carbocycles. The molecule has 1 saturated heterocycles. The van der Waals surface area contributed by atoms with Crippen LogP contribution in [0.25, 0.3) is 10.2 Å². The molecule has 6 nitrogen and oxygen atoms in total. The van der Waals surface area contributed by atoms with Crippen molar-refractivity contribution in [1.29, 1.82) is 0 Å². The number of fused-ring (bicyclic) bond motifs is 1. The molecule has 1 aliphatic heterocycles. The van der Waals surface area contributed by atoms with Gasteiger partial charge in [0.05, 0.1) is 16.8 Å². The third-order valence-corrected chi connectivity index (χ3v) is 6.00. The lowest BCUT2D eigenvalue weighted by molar-refractivity contribution is -0.138. The van der Waals surface area contributed by atoms with Crippen molar-refractivity contribution >= 4 is 32.6 Å². The molecule has 0 bridgehead atoms. The van der Waals surface area contributed by atoms with Gasteiger partial charge < -0.3 is 19.3 Å². The molecule has 0 N–H and O–H groups in total. The van der Waals surface area contributed by atoms with Crippen LogP contribution in [0.3, 0.4) is 0 Å². The number of amides is 1. The Kier molecular flexibility index (Phi) is 5.85. The van der Waals surface area contributed by atoms with Crippen molar-refractivity contribution in [2.75, 3.05) is 37.7 Å². The molecule has 1 amide bonds. The van der Waals surface area contributed by atoms with Crippen molar-refractivity contribution < 1.29 is 14.3 Å². The minimum absolute atomic E-state index is 0.0270. The van der Waals surface area contributed by atoms with Gasteiger partial charge >= 0.3 is 0 Å². The summed E-state index contributed by atoms with van der Waals surface area (Å²) in [5, 5.41) is 0.995. The van der Waals surface area contributed by atoms with Crippen molar-refractivity contribution in [3.05, 3.63) is 48.5 Å². The normalized spacial score (nSPS) is 15.4. The van der Waals surface area contributed by atoms with Crippen LogP contribution >= 0.6 is 11.3 Å². The number of hydrogen-bond donors (Lipinski definition) is 0. The zero-order valence-electron chi connectivity index (χ0n) is 16.7. The number of carbonyl (C=O) groups excluding carboxylic acids is 1. The summed E-state index contributed by atoms with van der Waals surface area (Å²) < 4.78 is 12.5. The van der Waals surface area contributed by atoms with Crippen LogP contribution < -0.4 is 14.4 Å². The SMILES string of the molecule is CCOc1ccc2nc(N3CCN(C(=O)C(C)Oc4ccccc4)CC3)sc2c1. The Labute approximate surface area is 174 Å². The summed E-state index contributed by atoms with van der Waals surface area (Å²) in [5.74, 6) is 1.62. The van der Waals surface area contributed by atoms with Crippen molar-refractivity contribution in [3.8, 4) is 11.5 Å². The van der Waals surface area contributed by atoms with Gasteiger partial charge in [-0.2, -0.15) is 0 Å². The van der Waals surface area contributed by atoms with E-state index in [9.17, 15) is 4.79 Å². The van der Waals surface area contributed by atoms with Crippen molar-refractivity contribution in [1.82, 2.24) is 9.88 Å². The third kappa shape index (κ3) is 4.45. The highest BCUT2D eigenvalue weighted by Crippen LogP contribution is 2.32. The van der Waals surface area contributed by atoms with Gasteiger partial charge in [-0.1, -0.05) is 29.5 Å². The Balaban J connectivity index is 1.36. The average Bonchev–Trinajstić information content (AvgIpc) is 3.18. The quantitative estimate of drug-likeness (QED) is 0.617. The molecule has 0 aliphatic carbocycles. The molecular formula is C22H25N3O3S. The molecule has 2 heterocycles. The number of hydrogen-bond acceptors (Lipinski definition) is 6. The summed E-state index contributed by atoms with van der Waals surface area (Å²) in [4.78, 5) is 21.6. The zero-order valence-corrected chi connectivity index (χ0v) is 17.5. The van der Waals surface area contributed by atoms with E-state index in [4.69, 9.17) is 14.5 Å². The predicted molar refractivity (Wildman–Crippen MR) is 116 cm³/mol. The van der Waals surface area contributed by atoms with Crippen molar-refractivity contribution in [2.24, 2.45) is 0 Å². The lowest BCUT2D eigenvalue weighted by Crippen LogP contribution is -2.52. The fourth-order valence-electron chi connectivity index (χ4n) is 3.41. The summed E-state index contributed by atoms with van der Waals surface area (Å²) >= 11 is 1.67. The second-order valence-electron chi connectivity index (χ2n) is 6.94. The Morgan fingerprint density at radius 1 is 1.10 bits per heavy atom. The molecule has 1 atom stereocenters. The largest absolute Gasteiger partial charge is 0.494 e. The molecule has 1 fully saturated rings. The number of para-hydroxylation sites is 1. The number of piperazine rings is 1. The van der Waals surface area contributed by atoms with Crippen LogP contribution in [0, 0.1) is 0 Å². The Morgan fingerprint density at radius 3 is 2.59 bits per heavy atom. The molecule has 29 heavy (non-hydrogen) atoms. The van der Waals surface area contributed by atoms with Gasteiger partial charge in [0.2, 0.25) is 0 Å². The van der Waals surface area contributed by atoms with Crippen LogP contribution in [0.4, 0.5) is 5.13 Å². The molecule has 1 aliphatic rings. The fraction of sp³-hybridized carbons (Fsp3) is 0.364. The van der Waals surface area contributed by atoms with Gasteiger partial charge in [0.1, 0.15) is 11.5 Å². The number of rotatable bonds is 6. The maximum absolute atomic E-state index is 12.7. The first-order valence-electron chi connectivity index (χ1n) is 9.93. The number of anilines is 1. The molecule has 7 heteroatoms. The molecule has 152 valence electrons. The molecule has 1 aromatic heterocycles. The third-order valence-electron chi connectivity index (χ3n) is 4.93. The number of thiazole rings is 1. The maximum atomic E-state index is 12.7. The van der Waals surface area contributed by atoms with Crippen LogP contribution in [0.15, 0.2) is 48.5 Å². The number of benzene rings is 2. The van der Waals surface area contributed by atoms with E-state index < -0.39 is 6.10 Å². The molecule has 0 radical (unpaired) electrons. The van der Waals surface area contributed by atoms with Crippen LogP contribution in [0.2, 0.25) is 0 Å². The van der Waals surface area contributed by atoms with Crippen molar-refractivity contribution in [2.45, 2.75) is 20.0 Å². The number of carbonyl (C=O) groups is 1.